The van der Waals surface area contributed by atoms with Gasteiger partial charge in [0.15, 0.2) is 5.82 Å². The Labute approximate surface area is 122 Å². The van der Waals surface area contributed by atoms with Crippen molar-refractivity contribution in [2.45, 2.75) is 25.7 Å². The second-order valence-corrected chi connectivity index (χ2v) is 5.46. The molecule has 3 heterocycles. The molecule has 2 aromatic heterocycles. The Balaban J connectivity index is 1.53. The van der Waals surface area contributed by atoms with Crippen molar-refractivity contribution in [3.63, 3.8) is 0 Å². The summed E-state index contributed by atoms with van der Waals surface area (Å²) in [5.74, 6) is 1.51. The van der Waals surface area contributed by atoms with Gasteiger partial charge >= 0.3 is 0 Å². The lowest BCUT2D eigenvalue weighted by molar-refractivity contribution is -0.117. The van der Waals surface area contributed by atoms with Gasteiger partial charge in [0, 0.05) is 30.4 Å². The molecule has 7 heteroatoms. The third-order valence-corrected chi connectivity index (χ3v) is 3.73. The highest BCUT2D eigenvalue weighted by Crippen LogP contribution is 2.24. The number of nitrogens with zero attached hydrogens (tertiary/aromatic N) is 3. The predicted octanol–water partition coefficient (Wildman–Crippen LogP) is 1.52. The Morgan fingerprint density at radius 2 is 2.52 bits per heavy atom. The molecule has 0 bridgehead atoms. The van der Waals surface area contributed by atoms with Gasteiger partial charge in [-0.15, -0.1) is 0 Å². The number of nitrogens with one attached hydrogen (secondary N) is 2. The van der Waals surface area contributed by atoms with Crippen LogP contribution in [0.4, 0.5) is 5.82 Å². The summed E-state index contributed by atoms with van der Waals surface area (Å²) in [5, 5.41) is 13.5. The van der Waals surface area contributed by atoms with Crippen molar-refractivity contribution >= 4 is 11.7 Å². The molecule has 1 saturated heterocycles. The molecule has 0 aliphatic carbocycles. The Kier molecular flexibility index (Phi) is 4.01. The number of aromatic nitrogens is 3. The number of anilines is 1. The Morgan fingerprint density at radius 1 is 1.62 bits per heavy atom. The van der Waals surface area contributed by atoms with Crippen LogP contribution in [0.3, 0.4) is 0 Å². The van der Waals surface area contributed by atoms with Crippen LogP contribution in [0.15, 0.2) is 22.9 Å². The minimum atomic E-state index is -0.0615. The summed E-state index contributed by atoms with van der Waals surface area (Å²) in [7, 11) is 0. The van der Waals surface area contributed by atoms with Gasteiger partial charge in [-0.1, -0.05) is 5.16 Å². The smallest absolute Gasteiger partial charge is 0.239 e. The molecule has 3 rings (SSSR count). The maximum atomic E-state index is 12.0. The van der Waals surface area contributed by atoms with Crippen LogP contribution in [0.25, 0.3) is 0 Å². The first kappa shape index (κ1) is 13.8. The van der Waals surface area contributed by atoms with Crippen molar-refractivity contribution in [1.82, 2.24) is 20.3 Å². The van der Waals surface area contributed by atoms with Crippen molar-refractivity contribution in [3.05, 3.63) is 29.8 Å². The van der Waals surface area contributed by atoms with E-state index >= 15 is 0 Å². The van der Waals surface area contributed by atoms with E-state index in [0.29, 0.717) is 24.0 Å². The van der Waals surface area contributed by atoms with E-state index in [2.05, 4.69) is 25.6 Å². The molecule has 0 saturated carbocycles. The predicted molar refractivity (Wildman–Crippen MR) is 76.9 cm³/mol. The molecule has 7 nitrogen and oxygen atoms in total. The fraction of sp³-hybridized carbons (Fsp3) is 0.500. The quantitative estimate of drug-likeness (QED) is 0.891. The second kappa shape index (κ2) is 6.09. The highest BCUT2D eigenvalue weighted by Gasteiger charge is 2.23. The molecule has 1 aliphatic rings. The number of hydrogen-bond acceptors (Lipinski definition) is 5. The van der Waals surface area contributed by atoms with Crippen LogP contribution >= 0.6 is 0 Å². The molecule has 1 amide bonds. The summed E-state index contributed by atoms with van der Waals surface area (Å²) < 4.78 is 4.93. The number of hydrogen-bond donors (Lipinski definition) is 2. The minimum absolute atomic E-state index is 0.0615. The van der Waals surface area contributed by atoms with Crippen molar-refractivity contribution in [3.8, 4) is 0 Å². The zero-order valence-corrected chi connectivity index (χ0v) is 12.0. The molecule has 0 unspecified atom stereocenters. The highest BCUT2D eigenvalue weighted by atomic mass is 16.5. The zero-order chi connectivity index (χ0) is 14.7. The first-order chi connectivity index (χ1) is 10.2. The van der Waals surface area contributed by atoms with Crippen LogP contribution in [0.2, 0.25) is 0 Å². The van der Waals surface area contributed by atoms with E-state index in [9.17, 15) is 4.79 Å². The Hall–Kier alpha value is -2.15. The van der Waals surface area contributed by atoms with Crippen molar-refractivity contribution in [1.29, 1.82) is 0 Å². The van der Waals surface area contributed by atoms with Gasteiger partial charge in [-0.3, -0.25) is 14.8 Å². The van der Waals surface area contributed by atoms with Gasteiger partial charge in [0.1, 0.15) is 5.76 Å². The molecule has 21 heavy (non-hydrogen) atoms. The molecule has 1 fully saturated rings. The van der Waals surface area contributed by atoms with Gasteiger partial charge in [0.25, 0.3) is 0 Å². The summed E-state index contributed by atoms with van der Waals surface area (Å²) in [6, 6.07) is 3.72. The van der Waals surface area contributed by atoms with Crippen LogP contribution in [0, 0.1) is 6.92 Å². The number of aromatic amines is 1. The van der Waals surface area contributed by atoms with E-state index in [0.717, 1.165) is 31.6 Å². The maximum Gasteiger partial charge on any atom is 0.239 e. The molecule has 2 N–H and O–H groups in total. The van der Waals surface area contributed by atoms with Crippen LogP contribution < -0.4 is 5.32 Å². The molecule has 112 valence electrons. The summed E-state index contributed by atoms with van der Waals surface area (Å²) in [6.45, 7) is 3.97. The zero-order valence-electron chi connectivity index (χ0n) is 12.0. The van der Waals surface area contributed by atoms with Crippen LogP contribution in [0.1, 0.15) is 30.2 Å². The van der Waals surface area contributed by atoms with E-state index in [1.54, 1.807) is 19.2 Å². The van der Waals surface area contributed by atoms with E-state index in [4.69, 9.17) is 4.52 Å². The first-order valence-corrected chi connectivity index (χ1v) is 7.15. The first-order valence-electron chi connectivity index (χ1n) is 7.15. The van der Waals surface area contributed by atoms with Crippen LogP contribution in [-0.2, 0) is 4.79 Å². The van der Waals surface area contributed by atoms with Crippen LogP contribution in [0.5, 0.6) is 0 Å². The number of H-pyrrole nitrogens is 1. The Morgan fingerprint density at radius 3 is 3.24 bits per heavy atom. The average Bonchev–Trinajstić information content (AvgIpc) is 3.11. The van der Waals surface area contributed by atoms with Crippen molar-refractivity contribution < 1.29 is 9.32 Å². The van der Waals surface area contributed by atoms with Gasteiger partial charge < -0.3 is 9.84 Å². The summed E-state index contributed by atoms with van der Waals surface area (Å²) in [6.07, 6.45) is 3.98. The van der Waals surface area contributed by atoms with Gasteiger partial charge in [-0.05, 0) is 32.4 Å². The molecular formula is C14H19N5O2. The third-order valence-electron chi connectivity index (χ3n) is 3.73. The van der Waals surface area contributed by atoms with Crippen molar-refractivity contribution in [2.24, 2.45) is 0 Å². The Bertz CT molecular complexity index is 592. The normalized spacial score (nSPS) is 19.6. The standard InChI is InChI=1S/C14H19N5O2/c1-10-7-13(18-21-10)16-14(20)9-19-6-2-3-11(8-19)12-4-5-15-17-12/h4-5,7,11H,2-3,6,8-9H2,1H3,(H,15,17)(H,16,18,20)/t11-/m1/s1. The average molecular weight is 289 g/mol. The number of carbonyl (C=O) groups is 1. The lowest BCUT2D eigenvalue weighted by Crippen LogP contribution is -2.39. The van der Waals surface area contributed by atoms with E-state index in [-0.39, 0.29) is 5.91 Å². The number of amides is 1. The SMILES string of the molecule is Cc1cc(NC(=O)CN2CCC[C@@H](c3ccn[nH]3)C2)no1. The lowest BCUT2D eigenvalue weighted by atomic mass is 9.95. The van der Waals surface area contributed by atoms with E-state index in [1.807, 2.05) is 6.07 Å². The summed E-state index contributed by atoms with van der Waals surface area (Å²) in [5.41, 5.74) is 1.15. The molecule has 0 spiro atoms. The third kappa shape index (κ3) is 3.49. The molecule has 0 radical (unpaired) electrons. The number of likely N-dealkylation sites (tertiary alicyclic amines) is 1. The molecule has 1 aliphatic heterocycles. The van der Waals surface area contributed by atoms with Crippen molar-refractivity contribution in [2.75, 3.05) is 25.0 Å². The van der Waals surface area contributed by atoms with Crippen LogP contribution in [-0.4, -0.2) is 45.8 Å². The lowest BCUT2D eigenvalue weighted by Gasteiger charge is -2.31. The molecular weight excluding hydrogens is 270 g/mol. The highest BCUT2D eigenvalue weighted by molar-refractivity contribution is 5.91. The van der Waals surface area contributed by atoms with E-state index in [1.165, 1.54) is 0 Å². The minimum Gasteiger partial charge on any atom is -0.360 e. The summed E-state index contributed by atoms with van der Waals surface area (Å²) >= 11 is 0. The second-order valence-electron chi connectivity index (χ2n) is 5.46. The maximum absolute atomic E-state index is 12.0. The number of carbonyl (C=O) groups excluding carboxylic acids is 1. The molecule has 0 aromatic carbocycles. The number of aryl methyl sites for hydroxylation is 1. The van der Waals surface area contributed by atoms with Gasteiger partial charge in [0.2, 0.25) is 5.91 Å². The monoisotopic (exact) mass is 289 g/mol. The largest absolute Gasteiger partial charge is 0.360 e. The molecule has 2 aromatic rings. The van der Waals surface area contributed by atoms with Gasteiger partial charge in [0.05, 0.1) is 6.54 Å². The summed E-state index contributed by atoms with van der Waals surface area (Å²) in [4.78, 5) is 14.2. The van der Waals surface area contributed by atoms with E-state index < -0.39 is 0 Å². The van der Waals surface area contributed by atoms with Gasteiger partial charge in [-0.25, -0.2) is 0 Å². The topological polar surface area (TPSA) is 87.0 Å². The fourth-order valence-electron chi connectivity index (χ4n) is 2.76. The number of piperidine rings is 1. The van der Waals surface area contributed by atoms with Gasteiger partial charge in [-0.2, -0.15) is 5.10 Å². The fourth-order valence-corrected chi connectivity index (χ4v) is 2.76. The molecule has 1 atom stereocenters. The number of rotatable bonds is 4.